The van der Waals surface area contributed by atoms with Crippen molar-refractivity contribution in [3.8, 4) is 0 Å². The molecule has 0 unspecified atom stereocenters. The molecule has 142 valence electrons. The summed E-state index contributed by atoms with van der Waals surface area (Å²) in [5.74, 6) is 1.02. The first kappa shape index (κ1) is 17.6. The van der Waals surface area contributed by atoms with E-state index in [9.17, 15) is 0 Å². The van der Waals surface area contributed by atoms with Crippen LogP contribution < -0.4 is 5.32 Å². The van der Waals surface area contributed by atoms with Crippen LogP contribution in [0.3, 0.4) is 0 Å². The molecule has 4 heterocycles. The van der Waals surface area contributed by atoms with Crippen molar-refractivity contribution >= 4 is 38.7 Å². The Balaban J connectivity index is 1.40. The summed E-state index contributed by atoms with van der Waals surface area (Å²) in [5, 5.41) is 7.17. The van der Waals surface area contributed by atoms with Crippen molar-refractivity contribution in [2.75, 3.05) is 45.1 Å². The molecular weight excluding hydrogens is 374 g/mol. The number of anilines is 1. The van der Waals surface area contributed by atoms with Gasteiger partial charge in [-0.15, -0.1) is 22.7 Å². The Morgan fingerprint density at radius 3 is 2.89 bits per heavy atom. The maximum absolute atomic E-state index is 4.63. The summed E-state index contributed by atoms with van der Waals surface area (Å²) < 4.78 is 0. The van der Waals surface area contributed by atoms with Crippen LogP contribution in [0.25, 0.3) is 10.2 Å². The summed E-state index contributed by atoms with van der Waals surface area (Å²) in [7, 11) is 2.21. The molecule has 7 heteroatoms. The molecule has 27 heavy (non-hydrogen) atoms. The number of fused-ring (bicyclic) bond motifs is 3. The minimum Gasteiger partial charge on any atom is -0.367 e. The number of aromatic nitrogens is 2. The summed E-state index contributed by atoms with van der Waals surface area (Å²) in [5.41, 5.74) is 1.49. The van der Waals surface area contributed by atoms with Crippen molar-refractivity contribution in [1.29, 1.82) is 0 Å². The fourth-order valence-electron chi connectivity index (χ4n) is 4.28. The lowest BCUT2D eigenvalue weighted by molar-refractivity contribution is 0.118. The Hall–Kier alpha value is -1.54. The Bertz CT molecular complexity index is 912. The zero-order valence-corrected chi connectivity index (χ0v) is 17.3. The molecule has 0 aromatic carbocycles. The lowest BCUT2D eigenvalue weighted by Crippen LogP contribution is -2.47. The van der Waals surface area contributed by atoms with Crippen LogP contribution in [0, 0.1) is 0 Å². The minimum atomic E-state index is 0.399. The van der Waals surface area contributed by atoms with Gasteiger partial charge < -0.3 is 10.2 Å². The van der Waals surface area contributed by atoms with E-state index in [2.05, 4.69) is 49.6 Å². The molecule has 0 saturated carbocycles. The first-order valence-corrected chi connectivity index (χ1v) is 11.4. The Kier molecular flexibility index (Phi) is 4.85. The standard InChI is InChI=1S/C20H25N5S2/c1-24-7-9-25(10-8-24)15(17-6-3-11-26-17)12-21-19-18-14-4-2-5-16(14)27-20(18)23-13-22-19/h3,6,11,13,15H,2,4-5,7-10,12H2,1H3,(H,21,22,23)/t15-/m0/s1. The second kappa shape index (κ2) is 7.47. The van der Waals surface area contributed by atoms with Crippen LogP contribution in [0.1, 0.15) is 27.8 Å². The van der Waals surface area contributed by atoms with Gasteiger partial charge in [0.2, 0.25) is 0 Å². The molecule has 3 aromatic heterocycles. The van der Waals surface area contributed by atoms with Crippen LogP contribution in [0.15, 0.2) is 23.8 Å². The summed E-state index contributed by atoms with van der Waals surface area (Å²) in [6.45, 7) is 5.40. The predicted molar refractivity (Wildman–Crippen MR) is 114 cm³/mol. The topological polar surface area (TPSA) is 44.3 Å². The third-order valence-corrected chi connectivity index (χ3v) is 7.99. The van der Waals surface area contributed by atoms with Crippen molar-refractivity contribution in [2.24, 2.45) is 0 Å². The van der Waals surface area contributed by atoms with E-state index >= 15 is 0 Å². The normalized spacial score (nSPS) is 19.4. The SMILES string of the molecule is CN1CCN([C@@H](CNc2ncnc3sc4c(c23)CCC4)c2cccs2)CC1. The van der Waals surface area contributed by atoms with Crippen LogP contribution in [0.2, 0.25) is 0 Å². The van der Waals surface area contributed by atoms with Crippen molar-refractivity contribution in [2.45, 2.75) is 25.3 Å². The van der Waals surface area contributed by atoms with E-state index in [0.29, 0.717) is 6.04 Å². The van der Waals surface area contributed by atoms with Crippen molar-refractivity contribution in [1.82, 2.24) is 19.8 Å². The molecule has 3 aromatic rings. The first-order valence-electron chi connectivity index (χ1n) is 9.74. The molecule has 5 rings (SSSR count). The fraction of sp³-hybridized carbons (Fsp3) is 0.500. The molecule has 2 aliphatic rings. The molecule has 1 N–H and O–H groups in total. The second-order valence-corrected chi connectivity index (χ2v) is 9.57. The number of nitrogens with zero attached hydrogens (tertiary/aromatic N) is 4. The number of thiophene rings is 2. The minimum absolute atomic E-state index is 0.399. The van der Waals surface area contributed by atoms with Gasteiger partial charge in [0.15, 0.2) is 0 Å². The lowest BCUT2D eigenvalue weighted by atomic mass is 10.1. The number of hydrogen-bond acceptors (Lipinski definition) is 7. The highest BCUT2D eigenvalue weighted by atomic mass is 32.1. The van der Waals surface area contributed by atoms with Gasteiger partial charge in [-0.05, 0) is 43.3 Å². The number of aryl methyl sites for hydroxylation is 2. The van der Waals surface area contributed by atoms with Gasteiger partial charge in [0.25, 0.3) is 0 Å². The highest BCUT2D eigenvalue weighted by Crippen LogP contribution is 2.39. The smallest absolute Gasteiger partial charge is 0.138 e. The van der Waals surface area contributed by atoms with E-state index in [1.807, 2.05) is 22.7 Å². The van der Waals surface area contributed by atoms with Crippen LogP contribution in [0.4, 0.5) is 5.82 Å². The van der Waals surface area contributed by atoms with Crippen molar-refractivity contribution in [3.63, 3.8) is 0 Å². The molecule has 0 amide bonds. The van der Waals surface area contributed by atoms with E-state index in [-0.39, 0.29) is 0 Å². The van der Waals surface area contributed by atoms with Crippen LogP contribution in [-0.2, 0) is 12.8 Å². The quantitative estimate of drug-likeness (QED) is 0.710. The number of nitrogens with one attached hydrogen (secondary N) is 1. The summed E-state index contributed by atoms with van der Waals surface area (Å²) in [6.07, 6.45) is 5.36. The summed E-state index contributed by atoms with van der Waals surface area (Å²) in [6, 6.07) is 4.83. The van der Waals surface area contributed by atoms with Gasteiger partial charge in [-0.3, -0.25) is 4.90 Å². The first-order chi connectivity index (χ1) is 13.3. The second-order valence-electron chi connectivity index (χ2n) is 7.51. The number of likely N-dealkylation sites (N-methyl/N-ethyl adjacent to an activating group) is 1. The van der Waals surface area contributed by atoms with Gasteiger partial charge in [-0.25, -0.2) is 9.97 Å². The largest absolute Gasteiger partial charge is 0.367 e. The van der Waals surface area contributed by atoms with Crippen molar-refractivity contribution < 1.29 is 0 Å². The maximum Gasteiger partial charge on any atom is 0.138 e. The average Bonchev–Trinajstić information content (AvgIpc) is 3.40. The predicted octanol–water partition coefficient (Wildman–Crippen LogP) is 3.64. The average molecular weight is 400 g/mol. The van der Waals surface area contributed by atoms with E-state index < -0.39 is 0 Å². The van der Waals surface area contributed by atoms with Gasteiger partial charge in [0, 0.05) is 42.5 Å². The third-order valence-electron chi connectivity index (χ3n) is 5.81. The molecule has 1 aliphatic carbocycles. The number of piperazine rings is 1. The van der Waals surface area contributed by atoms with Gasteiger partial charge in [-0.1, -0.05) is 6.07 Å². The molecule has 5 nitrogen and oxygen atoms in total. The molecule has 1 atom stereocenters. The van der Waals surface area contributed by atoms with E-state index in [1.54, 1.807) is 6.33 Å². The van der Waals surface area contributed by atoms with E-state index in [4.69, 9.17) is 0 Å². The van der Waals surface area contributed by atoms with Gasteiger partial charge in [0.05, 0.1) is 11.4 Å². The monoisotopic (exact) mass is 399 g/mol. The molecule has 1 aliphatic heterocycles. The highest BCUT2D eigenvalue weighted by molar-refractivity contribution is 7.19. The summed E-state index contributed by atoms with van der Waals surface area (Å²) in [4.78, 5) is 18.3. The molecule has 0 spiro atoms. The van der Waals surface area contributed by atoms with Crippen molar-refractivity contribution in [3.05, 3.63) is 39.2 Å². The van der Waals surface area contributed by atoms with Gasteiger partial charge >= 0.3 is 0 Å². The van der Waals surface area contributed by atoms with Crippen LogP contribution in [0.5, 0.6) is 0 Å². The summed E-state index contributed by atoms with van der Waals surface area (Å²) >= 11 is 3.72. The molecule has 0 radical (unpaired) electrons. The van der Waals surface area contributed by atoms with E-state index in [1.165, 1.54) is 40.0 Å². The zero-order chi connectivity index (χ0) is 18.2. The Labute approximate surface area is 168 Å². The lowest BCUT2D eigenvalue weighted by Gasteiger charge is -2.37. The van der Waals surface area contributed by atoms with Crippen LogP contribution in [-0.4, -0.2) is 59.5 Å². The maximum atomic E-state index is 4.63. The molecule has 1 fully saturated rings. The molecule has 0 bridgehead atoms. The fourth-order valence-corrected chi connectivity index (χ4v) is 6.37. The molecule has 1 saturated heterocycles. The third kappa shape index (κ3) is 3.38. The Morgan fingerprint density at radius 2 is 2.07 bits per heavy atom. The highest BCUT2D eigenvalue weighted by Gasteiger charge is 2.26. The van der Waals surface area contributed by atoms with Gasteiger partial charge in [0.1, 0.15) is 17.0 Å². The van der Waals surface area contributed by atoms with Gasteiger partial charge in [-0.2, -0.15) is 0 Å². The van der Waals surface area contributed by atoms with Crippen LogP contribution >= 0.6 is 22.7 Å². The molecular formula is C20H25N5S2. The Morgan fingerprint density at radius 1 is 1.19 bits per heavy atom. The number of rotatable bonds is 5. The number of hydrogen-bond donors (Lipinski definition) is 1. The van der Waals surface area contributed by atoms with E-state index in [0.717, 1.165) is 43.4 Å². The zero-order valence-electron chi connectivity index (χ0n) is 15.6.